The number of aliphatic carboxylic acids is 1. The number of hydrogen-bond donors (Lipinski definition) is 4. The number of nitrogens with zero attached hydrogens (tertiary/aromatic N) is 6. The molecular weight excluding hydrogens is 578 g/mol. The highest BCUT2D eigenvalue weighted by molar-refractivity contribution is 8.03. The number of carboxylic acids is 1. The van der Waals surface area contributed by atoms with Crippen LogP contribution in [0.1, 0.15) is 39.5 Å². The number of β-lactam (4-membered cyclic amide) rings is 1. The van der Waals surface area contributed by atoms with Crippen molar-refractivity contribution < 1.29 is 29.1 Å². The Kier molecular flexibility index (Phi) is 9.46. The van der Waals surface area contributed by atoms with E-state index in [1.807, 2.05) is 18.7 Å². The quantitative estimate of drug-likeness (QED) is 0.205. The summed E-state index contributed by atoms with van der Waals surface area (Å²) >= 11 is 1.45. The van der Waals surface area contributed by atoms with Crippen LogP contribution in [0.2, 0.25) is 0 Å². The number of carbonyl (C=O) groups is 5. The number of amides is 3. The van der Waals surface area contributed by atoms with Gasteiger partial charge in [-0.3, -0.25) is 19.2 Å². The number of nitrogens with two attached hydrogens (primary N) is 1. The molecule has 0 radical (unpaired) electrons. The van der Waals surface area contributed by atoms with Crippen LogP contribution in [-0.2, 0) is 30.5 Å². The molecule has 6 atom stereocenters. The molecule has 3 fully saturated rings. The maximum Gasteiger partial charge on any atom is 0.353 e. The second-order valence-corrected chi connectivity index (χ2v) is 13.3. The van der Waals surface area contributed by atoms with E-state index < -0.39 is 11.9 Å². The Morgan fingerprint density at radius 2 is 2.00 bits per heavy atom. The van der Waals surface area contributed by atoms with Crippen LogP contribution in [0.3, 0.4) is 0 Å². The molecule has 0 saturated carbocycles. The van der Waals surface area contributed by atoms with Gasteiger partial charge < -0.3 is 31.3 Å². The second kappa shape index (κ2) is 13.1. The summed E-state index contributed by atoms with van der Waals surface area (Å²) in [6.07, 6.45) is 3.69. The predicted molar refractivity (Wildman–Crippen MR) is 154 cm³/mol. The van der Waals surface area contributed by atoms with Gasteiger partial charge in [-0.15, -0.1) is 16.9 Å². The lowest BCUT2D eigenvalue weighted by molar-refractivity contribution is -0.160. The fourth-order valence-corrected chi connectivity index (χ4v) is 8.30. The largest absolute Gasteiger partial charge is 0.477 e. The first kappa shape index (κ1) is 31.1. The Morgan fingerprint density at radius 1 is 1.26 bits per heavy atom. The third-order valence-corrected chi connectivity index (χ3v) is 10.6. The van der Waals surface area contributed by atoms with Gasteiger partial charge >= 0.3 is 5.97 Å². The van der Waals surface area contributed by atoms with Crippen LogP contribution in [0, 0.1) is 23.7 Å². The van der Waals surface area contributed by atoms with E-state index in [0.717, 1.165) is 12.8 Å². The molecule has 5 N–H and O–H groups in total. The minimum Gasteiger partial charge on any atom is -0.477 e. The van der Waals surface area contributed by atoms with E-state index >= 15 is 0 Å². The van der Waals surface area contributed by atoms with Crippen LogP contribution in [0.5, 0.6) is 0 Å². The summed E-state index contributed by atoms with van der Waals surface area (Å²) in [5.41, 5.74) is 5.37. The van der Waals surface area contributed by atoms with Gasteiger partial charge in [0.05, 0.1) is 24.5 Å². The van der Waals surface area contributed by atoms with Gasteiger partial charge in [-0.2, -0.15) is 0 Å². The Morgan fingerprint density at radius 3 is 2.65 bits per heavy atom. The molecule has 0 spiro atoms. The molecule has 0 unspecified atom stereocenters. The lowest BCUT2D eigenvalue weighted by atomic mass is 9.73. The lowest BCUT2D eigenvalue weighted by Crippen LogP contribution is -2.62. The summed E-state index contributed by atoms with van der Waals surface area (Å²) < 4.78 is 1.34. The zero-order chi connectivity index (χ0) is 30.8. The van der Waals surface area contributed by atoms with Gasteiger partial charge in [-0.1, -0.05) is 13.8 Å². The fraction of sp³-hybridized carbons (Fsp3) is 0.704. The third kappa shape index (κ3) is 6.45. The van der Waals surface area contributed by atoms with Crippen molar-refractivity contribution in [3.63, 3.8) is 0 Å². The first-order valence-corrected chi connectivity index (χ1v) is 15.7. The summed E-state index contributed by atoms with van der Waals surface area (Å²) in [6, 6.07) is -0.672. The van der Waals surface area contributed by atoms with Gasteiger partial charge in [0.2, 0.25) is 17.7 Å². The summed E-state index contributed by atoms with van der Waals surface area (Å²) in [4.78, 5) is 66.8. The maximum absolute atomic E-state index is 13.3. The van der Waals surface area contributed by atoms with Crippen LogP contribution in [-0.4, -0.2) is 115 Å². The van der Waals surface area contributed by atoms with Gasteiger partial charge in [0.1, 0.15) is 18.6 Å². The van der Waals surface area contributed by atoms with Crippen molar-refractivity contribution in [2.24, 2.45) is 29.4 Å². The van der Waals surface area contributed by atoms with E-state index in [0.29, 0.717) is 43.4 Å². The molecule has 0 aliphatic carbocycles. The number of ketones is 1. The van der Waals surface area contributed by atoms with Crippen LogP contribution in [0.4, 0.5) is 0 Å². The summed E-state index contributed by atoms with van der Waals surface area (Å²) in [5.74, 6) is -2.27. The van der Waals surface area contributed by atoms with Crippen molar-refractivity contribution in [3.8, 4) is 0 Å². The minimum absolute atomic E-state index is 0.0154. The van der Waals surface area contributed by atoms with Crippen LogP contribution >= 0.6 is 11.8 Å². The molecule has 43 heavy (non-hydrogen) atoms. The second-order valence-electron chi connectivity index (χ2n) is 12.0. The smallest absolute Gasteiger partial charge is 0.353 e. The van der Waals surface area contributed by atoms with Crippen molar-refractivity contribution in [2.45, 2.75) is 63.4 Å². The highest BCUT2D eigenvalue weighted by atomic mass is 32.2. The fourth-order valence-electron chi connectivity index (χ4n) is 6.82. The normalized spacial score (nSPS) is 28.1. The summed E-state index contributed by atoms with van der Waals surface area (Å²) in [5, 5.41) is 27.0. The molecule has 0 aromatic carbocycles. The number of thioether (sulfide) groups is 1. The van der Waals surface area contributed by atoms with Crippen molar-refractivity contribution in [1.29, 1.82) is 0 Å². The first-order valence-electron chi connectivity index (χ1n) is 14.8. The van der Waals surface area contributed by atoms with Gasteiger partial charge in [-0.25, -0.2) is 9.48 Å². The average Bonchev–Trinajstić information content (AvgIpc) is 3.72. The summed E-state index contributed by atoms with van der Waals surface area (Å²) in [6.45, 7) is 6.14. The number of tetrazole rings is 1. The van der Waals surface area contributed by atoms with E-state index in [1.165, 1.54) is 27.7 Å². The molecule has 1 aromatic rings. The van der Waals surface area contributed by atoms with E-state index in [9.17, 15) is 29.1 Å². The molecule has 16 heteroatoms. The number of carbonyl (C=O) groups excluding carboxylic acids is 4. The molecular formula is C27H39N9O6S. The zero-order valence-corrected chi connectivity index (χ0v) is 25.2. The first-order chi connectivity index (χ1) is 20.6. The van der Waals surface area contributed by atoms with Gasteiger partial charge in [0.25, 0.3) is 0 Å². The third-order valence-electron chi connectivity index (χ3n) is 9.07. The van der Waals surface area contributed by atoms with Crippen LogP contribution < -0.4 is 16.4 Å². The molecule has 3 saturated heterocycles. The van der Waals surface area contributed by atoms with Crippen LogP contribution in [0.25, 0.3) is 0 Å². The number of carboxylic acid groups (broad SMARTS) is 1. The van der Waals surface area contributed by atoms with Crippen molar-refractivity contribution in [3.05, 3.63) is 16.9 Å². The molecule has 5 rings (SSSR count). The Balaban J connectivity index is 1.15. The van der Waals surface area contributed by atoms with E-state index in [2.05, 4.69) is 26.2 Å². The molecule has 0 bridgehead atoms. The van der Waals surface area contributed by atoms with Crippen molar-refractivity contribution in [2.75, 3.05) is 32.7 Å². The summed E-state index contributed by atoms with van der Waals surface area (Å²) in [7, 11) is 0. The molecule has 4 aliphatic heterocycles. The molecule has 5 heterocycles. The number of piperidine rings is 1. The Hall–Kier alpha value is -3.37. The minimum atomic E-state index is -1.14. The Labute approximate surface area is 253 Å². The molecule has 234 valence electrons. The van der Waals surface area contributed by atoms with E-state index in [1.54, 1.807) is 0 Å². The maximum atomic E-state index is 13.3. The van der Waals surface area contributed by atoms with Gasteiger partial charge in [-0.05, 0) is 41.5 Å². The standard InChI is InChI=1S/C27H39N9O6S/c1-14(7-17(37)12-35-13-31-32-33-35)21-22-15(2)24(23(27(41)42)36(22)26(21)40)43-18-8-19(29-11-18)25(39)34-5-3-16(4-6-34)10-30-20(38)9-28/h13-16,18-19,21-22,29H,3-12,28H2,1-2H3,(H,30,38)(H,41,42)/t14-,15+,18-,19-,21+,22+/m0/s1. The van der Waals surface area contributed by atoms with E-state index in [-0.39, 0.29) is 77.9 Å². The molecule has 4 aliphatic rings. The number of likely N-dealkylation sites (tertiary alicyclic amines) is 1. The zero-order valence-electron chi connectivity index (χ0n) is 24.3. The topological polar surface area (TPSA) is 206 Å². The molecule has 3 amide bonds. The van der Waals surface area contributed by atoms with Crippen molar-refractivity contribution >= 4 is 41.2 Å². The van der Waals surface area contributed by atoms with Crippen LogP contribution in [0.15, 0.2) is 16.9 Å². The predicted octanol–water partition coefficient (Wildman–Crippen LogP) is -1.18. The van der Waals surface area contributed by atoms with Gasteiger partial charge in [0.15, 0.2) is 5.78 Å². The SMILES string of the molecule is C[C@@H](CC(=O)Cn1cnnn1)[C@H]1C(=O)N2C(C(=O)O)=C(S[C@@H]3CN[C@H](C(=O)N4CCC(CNC(=O)CN)CC4)C3)[C@H](C)[C@H]12. The Bertz CT molecular complexity index is 1280. The van der Waals surface area contributed by atoms with E-state index in [4.69, 9.17) is 5.73 Å². The number of Topliss-reactive ketones (excluding diaryl/α,β-unsaturated/α-hetero) is 1. The monoisotopic (exact) mass is 617 g/mol. The average molecular weight is 618 g/mol. The number of nitrogens with one attached hydrogen (secondary N) is 2. The lowest BCUT2D eigenvalue weighted by Gasteiger charge is -2.47. The molecule has 15 nitrogen and oxygen atoms in total. The number of hydrogen-bond acceptors (Lipinski definition) is 11. The van der Waals surface area contributed by atoms with Gasteiger partial charge in [0, 0.05) is 48.7 Å². The number of fused-ring (bicyclic) bond motifs is 1. The highest BCUT2D eigenvalue weighted by Gasteiger charge is 2.60. The molecule has 1 aromatic heterocycles. The number of aromatic nitrogens is 4. The highest BCUT2D eigenvalue weighted by Crippen LogP contribution is 2.53. The van der Waals surface area contributed by atoms with Crippen molar-refractivity contribution in [1.82, 2.24) is 40.6 Å². The number of rotatable bonds is 12.